The SMILES string of the molecule is Cn1nc(CS(C)(=O)=O)c2c(Cl)ccc(-c3ccc(C#CC4CN(C(=O)OC(C)(C)C)CCO4)nc3[C@@H](CC(=O)Cn3nc(C(F)(F)F)c4c3C(F)(F)[C@@H]3C[C@H]43)Cc3cc(F)cc(F)c3)c21. The number of rotatable bonds is 10. The fourth-order valence-electron chi connectivity index (χ4n) is 8.87. The van der Waals surface area contributed by atoms with Crippen molar-refractivity contribution in [3.63, 3.8) is 0 Å². The quantitative estimate of drug-likeness (QED) is 0.0997. The maximum absolute atomic E-state index is 15.6. The summed E-state index contributed by atoms with van der Waals surface area (Å²) in [5, 5.41) is 8.41. The lowest BCUT2D eigenvalue weighted by molar-refractivity contribution is -0.142. The maximum Gasteiger partial charge on any atom is 0.435 e. The summed E-state index contributed by atoms with van der Waals surface area (Å²) in [5.74, 6) is -4.57. The Bertz CT molecular complexity index is 2950. The van der Waals surface area contributed by atoms with E-state index in [2.05, 4.69) is 22.0 Å². The number of alkyl halides is 5. The van der Waals surface area contributed by atoms with Crippen molar-refractivity contribution < 1.29 is 58.2 Å². The summed E-state index contributed by atoms with van der Waals surface area (Å²) in [4.78, 5) is 33.4. The number of aryl methyl sites for hydroxylation is 1. The van der Waals surface area contributed by atoms with Gasteiger partial charge >= 0.3 is 12.3 Å². The topological polar surface area (TPSA) is 139 Å². The van der Waals surface area contributed by atoms with E-state index in [1.807, 2.05) is 0 Å². The fourth-order valence-corrected chi connectivity index (χ4v) is 9.83. The van der Waals surface area contributed by atoms with Gasteiger partial charge in [0, 0.05) is 66.2 Å². The third kappa shape index (κ3) is 9.65. The van der Waals surface area contributed by atoms with Crippen LogP contribution in [0.4, 0.5) is 35.5 Å². The highest BCUT2D eigenvalue weighted by Gasteiger charge is 2.68. The van der Waals surface area contributed by atoms with Gasteiger partial charge in [0.25, 0.3) is 5.92 Å². The molecule has 350 valence electrons. The van der Waals surface area contributed by atoms with Gasteiger partial charge in [0.2, 0.25) is 0 Å². The first-order chi connectivity index (χ1) is 30.8. The normalized spacial score (nSPS) is 19.5. The van der Waals surface area contributed by atoms with E-state index < -0.39 is 111 Å². The highest BCUT2D eigenvalue weighted by Crippen LogP contribution is 2.68. The minimum absolute atomic E-state index is 0.0436. The third-order valence-corrected chi connectivity index (χ3v) is 12.6. The number of fused-ring (bicyclic) bond motifs is 4. The molecular formula is C45H42ClF7N6O6S. The molecule has 1 amide bonds. The standard InChI is InChI=1S/C45H42ClF7N6O6S/c1-43(2,3)65-42(61)58-12-13-64-29(21-58)8-6-27-7-9-30(31-10-11-34(46)37-35(22-66(5,62)63)55-57(4)39(31)37)38(54-27)24(14-23-15-25(47)18-26(48)16-23)17-28(60)20-59-41-36(40(56-59)45(51,52)53)32-19-33(32)44(41,49)50/h7,9-11,15-16,18,24,29,32-33H,12-14,17,19-22H2,1-5H3/t24-,29?,32+,33-/m1/s1. The van der Waals surface area contributed by atoms with Gasteiger partial charge in [-0.3, -0.25) is 14.2 Å². The number of nitrogens with zero attached hydrogens (tertiary/aromatic N) is 6. The molecule has 1 unspecified atom stereocenters. The summed E-state index contributed by atoms with van der Waals surface area (Å²) >= 11 is 6.68. The number of hydrogen-bond donors (Lipinski definition) is 0. The average molecular weight is 963 g/mol. The minimum atomic E-state index is -5.08. The van der Waals surface area contributed by atoms with Gasteiger partial charge in [0.05, 0.1) is 40.8 Å². The highest BCUT2D eigenvalue weighted by atomic mass is 35.5. The van der Waals surface area contributed by atoms with Gasteiger partial charge < -0.3 is 14.4 Å². The smallest absolute Gasteiger partial charge is 0.435 e. The molecule has 1 saturated carbocycles. The average Bonchev–Trinajstić information content (AvgIpc) is 3.74. The Labute approximate surface area is 379 Å². The first-order valence-corrected chi connectivity index (χ1v) is 23.2. The zero-order chi connectivity index (χ0) is 47.8. The number of aromatic nitrogens is 5. The number of sulfone groups is 1. The van der Waals surface area contributed by atoms with Crippen LogP contribution in [0.2, 0.25) is 5.02 Å². The molecule has 0 radical (unpaired) electrons. The molecule has 3 aliphatic rings. The van der Waals surface area contributed by atoms with E-state index in [9.17, 15) is 40.0 Å². The number of pyridine rings is 1. The first-order valence-electron chi connectivity index (χ1n) is 20.7. The largest absolute Gasteiger partial charge is 0.444 e. The van der Waals surface area contributed by atoms with Gasteiger partial charge in [-0.1, -0.05) is 23.6 Å². The molecule has 0 bridgehead atoms. The number of amides is 1. The Balaban J connectivity index is 1.25. The van der Waals surface area contributed by atoms with Crippen LogP contribution in [0.25, 0.3) is 22.0 Å². The Morgan fingerprint density at radius 1 is 1.05 bits per heavy atom. The molecule has 2 aliphatic carbocycles. The van der Waals surface area contributed by atoms with Gasteiger partial charge in [-0.2, -0.15) is 32.1 Å². The summed E-state index contributed by atoms with van der Waals surface area (Å²) in [6.07, 6.45) is -6.48. The van der Waals surface area contributed by atoms with Crippen molar-refractivity contribution in [3.05, 3.63) is 98.7 Å². The van der Waals surface area contributed by atoms with Crippen molar-refractivity contribution in [1.29, 1.82) is 0 Å². The molecule has 1 aliphatic heterocycles. The second-order valence-corrected chi connectivity index (χ2v) is 20.5. The molecule has 12 nitrogen and oxygen atoms in total. The number of carbonyl (C=O) groups is 2. The zero-order valence-corrected chi connectivity index (χ0v) is 37.6. The summed E-state index contributed by atoms with van der Waals surface area (Å²) in [5.41, 5.74) is -2.46. The number of ether oxygens (including phenoxy) is 2. The number of hydrogen-bond acceptors (Lipinski definition) is 9. The van der Waals surface area contributed by atoms with Crippen LogP contribution in [0.3, 0.4) is 0 Å². The van der Waals surface area contributed by atoms with Crippen molar-refractivity contribution in [1.82, 2.24) is 29.4 Å². The zero-order valence-electron chi connectivity index (χ0n) is 36.1. The molecule has 2 aromatic carbocycles. The number of benzene rings is 2. The summed E-state index contributed by atoms with van der Waals surface area (Å²) < 4.78 is 141. The van der Waals surface area contributed by atoms with Crippen LogP contribution in [0, 0.1) is 29.4 Å². The molecule has 5 aromatic rings. The molecular weight excluding hydrogens is 921 g/mol. The van der Waals surface area contributed by atoms with Gasteiger partial charge in [0.15, 0.2) is 21.3 Å². The number of carbonyl (C=O) groups excluding carboxylic acids is 2. The van der Waals surface area contributed by atoms with Crippen molar-refractivity contribution >= 4 is 44.2 Å². The number of Topliss-reactive ketones (excluding diaryl/α,β-unsaturated/α-hetero) is 1. The summed E-state index contributed by atoms with van der Waals surface area (Å²) in [6, 6.07) is 8.94. The second-order valence-electron chi connectivity index (χ2n) is 17.9. The molecule has 66 heavy (non-hydrogen) atoms. The van der Waals surface area contributed by atoms with Crippen LogP contribution in [0.15, 0.2) is 42.5 Å². The second kappa shape index (κ2) is 17.0. The monoisotopic (exact) mass is 962 g/mol. The van der Waals surface area contributed by atoms with E-state index in [-0.39, 0.29) is 65.6 Å². The summed E-state index contributed by atoms with van der Waals surface area (Å²) in [6.45, 7) is 4.62. The van der Waals surface area contributed by atoms with E-state index in [0.717, 1.165) is 18.4 Å². The molecule has 2 fully saturated rings. The van der Waals surface area contributed by atoms with Crippen LogP contribution < -0.4 is 0 Å². The van der Waals surface area contributed by atoms with Gasteiger partial charge in [-0.25, -0.2) is 27.0 Å². The van der Waals surface area contributed by atoms with Crippen LogP contribution in [0.5, 0.6) is 0 Å². The molecule has 0 N–H and O–H groups in total. The van der Waals surface area contributed by atoms with Crippen molar-refractivity contribution in [2.45, 2.75) is 88.0 Å². The number of morpholine rings is 1. The summed E-state index contributed by atoms with van der Waals surface area (Å²) in [7, 11) is -2.07. The predicted molar refractivity (Wildman–Crippen MR) is 226 cm³/mol. The van der Waals surface area contributed by atoms with E-state index >= 15 is 8.78 Å². The van der Waals surface area contributed by atoms with Gasteiger partial charge in [0.1, 0.15) is 41.3 Å². The van der Waals surface area contributed by atoms with Crippen molar-refractivity contribution in [2.75, 3.05) is 26.0 Å². The molecule has 0 spiro atoms. The molecule has 4 heterocycles. The first kappa shape index (κ1) is 47.0. The van der Waals surface area contributed by atoms with Crippen LogP contribution in [-0.4, -0.2) is 87.4 Å². The lowest BCUT2D eigenvalue weighted by atomic mass is 9.86. The predicted octanol–water partition coefficient (Wildman–Crippen LogP) is 8.51. The lowest BCUT2D eigenvalue weighted by Gasteiger charge is -2.32. The Hall–Kier alpha value is -5.52. The van der Waals surface area contributed by atoms with Gasteiger partial charge in [-0.15, -0.1) is 0 Å². The van der Waals surface area contributed by atoms with Crippen LogP contribution >= 0.6 is 11.6 Å². The fraction of sp³-hybridized carbons (Fsp3) is 0.444. The van der Waals surface area contributed by atoms with E-state index in [1.54, 1.807) is 40.0 Å². The molecule has 1 saturated heterocycles. The van der Waals surface area contributed by atoms with Crippen LogP contribution in [0.1, 0.15) is 85.0 Å². The van der Waals surface area contributed by atoms with E-state index in [0.29, 0.717) is 27.4 Å². The van der Waals surface area contributed by atoms with Crippen molar-refractivity contribution in [2.24, 2.45) is 13.0 Å². The van der Waals surface area contributed by atoms with E-state index in [1.165, 1.54) is 21.7 Å². The lowest BCUT2D eigenvalue weighted by Crippen LogP contribution is -2.47. The highest BCUT2D eigenvalue weighted by molar-refractivity contribution is 7.89. The van der Waals surface area contributed by atoms with E-state index in [4.69, 9.17) is 26.1 Å². The number of halogens is 8. The third-order valence-electron chi connectivity index (χ3n) is 11.5. The Morgan fingerprint density at radius 3 is 2.41 bits per heavy atom. The Kier molecular flexibility index (Phi) is 12.1. The van der Waals surface area contributed by atoms with Crippen LogP contribution in [-0.2, 0) is 62.0 Å². The van der Waals surface area contributed by atoms with Crippen molar-refractivity contribution in [3.8, 4) is 23.0 Å². The molecule has 4 atom stereocenters. The molecule has 21 heteroatoms. The minimum Gasteiger partial charge on any atom is -0.444 e. The Morgan fingerprint density at radius 2 is 1.74 bits per heavy atom. The number of ketones is 1. The molecule has 8 rings (SSSR count). The molecule has 3 aromatic heterocycles. The van der Waals surface area contributed by atoms with Gasteiger partial charge in [-0.05, 0) is 81.3 Å². The maximum atomic E-state index is 15.6.